The summed E-state index contributed by atoms with van der Waals surface area (Å²) in [6, 6.07) is 8.26. The average molecular weight is 177 g/mol. The summed E-state index contributed by atoms with van der Waals surface area (Å²) >= 11 is 0. The van der Waals surface area contributed by atoms with Gasteiger partial charge >= 0.3 is 0 Å². The maximum atomic E-state index is 5.76. The molecule has 2 nitrogen and oxygen atoms in total. The van der Waals surface area contributed by atoms with E-state index in [0.29, 0.717) is 0 Å². The number of hydrogen-bond acceptors (Lipinski definition) is 2. The molecule has 1 N–H and O–H groups in total. The van der Waals surface area contributed by atoms with Crippen LogP contribution in [0.5, 0.6) is 5.75 Å². The molecule has 1 aromatic rings. The monoisotopic (exact) mass is 177 g/mol. The maximum absolute atomic E-state index is 5.76. The van der Waals surface area contributed by atoms with Gasteiger partial charge < -0.3 is 4.74 Å². The molecule has 0 bridgehead atoms. The van der Waals surface area contributed by atoms with Crippen LogP contribution in [-0.2, 0) is 6.42 Å². The standard InChI is InChI=1S/C11H15NO/c1-2-12-11-8-7-9-5-3-4-6-10(9)13-11/h3-6,11-12H,2,7-8H2,1H3. The summed E-state index contributed by atoms with van der Waals surface area (Å²) in [7, 11) is 0. The molecule has 2 heteroatoms. The van der Waals surface area contributed by atoms with Crippen molar-refractivity contribution in [1.29, 1.82) is 0 Å². The van der Waals surface area contributed by atoms with Crippen LogP contribution in [-0.4, -0.2) is 12.8 Å². The number of nitrogens with one attached hydrogen (secondary N) is 1. The number of benzene rings is 1. The second-order valence-corrected chi connectivity index (χ2v) is 3.31. The predicted octanol–water partition coefficient (Wildman–Crippen LogP) is 1.95. The summed E-state index contributed by atoms with van der Waals surface area (Å²) < 4.78 is 5.76. The third kappa shape index (κ3) is 1.83. The predicted molar refractivity (Wildman–Crippen MR) is 52.9 cm³/mol. The first-order valence-corrected chi connectivity index (χ1v) is 4.88. The summed E-state index contributed by atoms with van der Waals surface area (Å²) in [5.41, 5.74) is 1.33. The molecule has 1 unspecified atom stereocenters. The van der Waals surface area contributed by atoms with E-state index >= 15 is 0 Å². The van der Waals surface area contributed by atoms with Gasteiger partial charge in [0.25, 0.3) is 0 Å². The van der Waals surface area contributed by atoms with E-state index in [-0.39, 0.29) is 6.23 Å². The lowest BCUT2D eigenvalue weighted by Crippen LogP contribution is -2.37. The minimum atomic E-state index is 0.208. The Kier molecular flexibility index (Phi) is 2.50. The molecule has 0 aromatic heterocycles. The van der Waals surface area contributed by atoms with E-state index in [2.05, 4.69) is 24.4 Å². The molecule has 1 aliphatic rings. The number of hydrogen-bond donors (Lipinski definition) is 1. The topological polar surface area (TPSA) is 21.3 Å². The Morgan fingerprint density at radius 3 is 3.15 bits per heavy atom. The van der Waals surface area contributed by atoms with E-state index < -0.39 is 0 Å². The third-order valence-electron chi connectivity index (χ3n) is 2.35. The van der Waals surface area contributed by atoms with Gasteiger partial charge in [0.15, 0.2) is 6.23 Å². The lowest BCUT2D eigenvalue weighted by molar-refractivity contribution is 0.140. The second-order valence-electron chi connectivity index (χ2n) is 3.31. The highest BCUT2D eigenvalue weighted by atomic mass is 16.5. The quantitative estimate of drug-likeness (QED) is 0.745. The number of aryl methyl sites for hydroxylation is 1. The van der Waals surface area contributed by atoms with Gasteiger partial charge in [0.1, 0.15) is 5.75 Å². The van der Waals surface area contributed by atoms with E-state index in [4.69, 9.17) is 4.74 Å². The zero-order valence-electron chi connectivity index (χ0n) is 7.92. The van der Waals surface area contributed by atoms with Crippen LogP contribution in [0.1, 0.15) is 18.9 Å². The van der Waals surface area contributed by atoms with Gasteiger partial charge in [-0.25, -0.2) is 0 Å². The van der Waals surface area contributed by atoms with Gasteiger partial charge in [-0.3, -0.25) is 5.32 Å². The summed E-state index contributed by atoms with van der Waals surface area (Å²) in [5.74, 6) is 1.04. The molecule has 2 rings (SSSR count). The molecule has 1 heterocycles. The van der Waals surface area contributed by atoms with Gasteiger partial charge in [0.2, 0.25) is 0 Å². The van der Waals surface area contributed by atoms with Crippen molar-refractivity contribution < 1.29 is 4.74 Å². The fraction of sp³-hybridized carbons (Fsp3) is 0.455. The largest absolute Gasteiger partial charge is 0.475 e. The van der Waals surface area contributed by atoms with Crippen LogP contribution in [0.3, 0.4) is 0 Å². The van der Waals surface area contributed by atoms with E-state index in [1.165, 1.54) is 5.56 Å². The molecule has 0 fully saturated rings. The summed E-state index contributed by atoms with van der Waals surface area (Å²) in [6.07, 6.45) is 2.40. The Balaban J connectivity index is 2.11. The number of fused-ring (bicyclic) bond motifs is 1. The zero-order chi connectivity index (χ0) is 9.10. The van der Waals surface area contributed by atoms with Crippen LogP contribution in [0.25, 0.3) is 0 Å². The molecule has 0 amide bonds. The molecule has 0 saturated heterocycles. The van der Waals surface area contributed by atoms with Crippen molar-refractivity contribution in [1.82, 2.24) is 5.32 Å². The van der Waals surface area contributed by atoms with E-state index in [0.717, 1.165) is 25.1 Å². The fourth-order valence-corrected chi connectivity index (χ4v) is 1.70. The molecule has 0 aliphatic carbocycles. The van der Waals surface area contributed by atoms with E-state index in [9.17, 15) is 0 Å². The highest BCUT2D eigenvalue weighted by molar-refractivity contribution is 5.34. The van der Waals surface area contributed by atoms with Crippen molar-refractivity contribution in [3.63, 3.8) is 0 Å². The molecule has 1 aliphatic heterocycles. The van der Waals surface area contributed by atoms with Crippen molar-refractivity contribution in [3.8, 4) is 5.75 Å². The number of rotatable bonds is 2. The van der Waals surface area contributed by atoms with Crippen LogP contribution in [0.4, 0.5) is 0 Å². The van der Waals surface area contributed by atoms with Gasteiger partial charge in [0, 0.05) is 6.42 Å². The molecule has 1 aromatic carbocycles. The first kappa shape index (κ1) is 8.57. The molecule has 13 heavy (non-hydrogen) atoms. The summed E-state index contributed by atoms with van der Waals surface area (Å²) in [4.78, 5) is 0. The normalized spacial score (nSPS) is 20.5. The second kappa shape index (κ2) is 3.79. The van der Waals surface area contributed by atoms with Crippen molar-refractivity contribution in [3.05, 3.63) is 29.8 Å². The van der Waals surface area contributed by atoms with Crippen LogP contribution < -0.4 is 10.1 Å². The number of para-hydroxylation sites is 1. The Hall–Kier alpha value is -1.02. The molecule has 0 saturated carbocycles. The minimum absolute atomic E-state index is 0.208. The van der Waals surface area contributed by atoms with Crippen molar-refractivity contribution in [2.75, 3.05) is 6.54 Å². The van der Waals surface area contributed by atoms with Crippen LogP contribution in [0.15, 0.2) is 24.3 Å². The first-order valence-electron chi connectivity index (χ1n) is 4.88. The van der Waals surface area contributed by atoms with Crippen LogP contribution in [0.2, 0.25) is 0 Å². The highest BCUT2D eigenvalue weighted by Crippen LogP contribution is 2.25. The van der Waals surface area contributed by atoms with Gasteiger partial charge in [-0.2, -0.15) is 0 Å². The summed E-state index contributed by atoms with van der Waals surface area (Å²) in [6.45, 7) is 3.07. The molecular weight excluding hydrogens is 162 g/mol. The minimum Gasteiger partial charge on any atom is -0.475 e. The Morgan fingerprint density at radius 2 is 2.31 bits per heavy atom. The fourth-order valence-electron chi connectivity index (χ4n) is 1.70. The van der Waals surface area contributed by atoms with Crippen molar-refractivity contribution in [2.45, 2.75) is 26.0 Å². The number of ether oxygens (including phenoxy) is 1. The van der Waals surface area contributed by atoms with Crippen LogP contribution in [0, 0.1) is 0 Å². The third-order valence-corrected chi connectivity index (χ3v) is 2.35. The average Bonchev–Trinajstić information content (AvgIpc) is 2.18. The maximum Gasteiger partial charge on any atom is 0.150 e. The van der Waals surface area contributed by atoms with Gasteiger partial charge in [0.05, 0.1) is 0 Å². The van der Waals surface area contributed by atoms with Gasteiger partial charge in [-0.05, 0) is 24.6 Å². The smallest absolute Gasteiger partial charge is 0.150 e. The van der Waals surface area contributed by atoms with Crippen molar-refractivity contribution >= 4 is 0 Å². The Bertz CT molecular complexity index is 285. The van der Waals surface area contributed by atoms with Crippen molar-refractivity contribution in [2.24, 2.45) is 0 Å². The molecule has 70 valence electrons. The SMILES string of the molecule is CCNC1CCc2ccccc2O1. The molecule has 1 atom stereocenters. The summed E-state index contributed by atoms with van der Waals surface area (Å²) in [5, 5.41) is 3.30. The van der Waals surface area contributed by atoms with E-state index in [1.807, 2.05) is 12.1 Å². The van der Waals surface area contributed by atoms with Crippen LogP contribution >= 0.6 is 0 Å². The van der Waals surface area contributed by atoms with Gasteiger partial charge in [-0.1, -0.05) is 25.1 Å². The van der Waals surface area contributed by atoms with E-state index in [1.54, 1.807) is 0 Å². The molecular formula is C11H15NO. The van der Waals surface area contributed by atoms with Gasteiger partial charge in [-0.15, -0.1) is 0 Å². The Morgan fingerprint density at radius 1 is 1.46 bits per heavy atom. The zero-order valence-corrected chi connectivity index (χ0v) is 7.92. The first-order chi connectivity index (χ1) is 6.40. The Labute approximate surface area is 78.9 Å². The highest BCUT2D eigenvalue weighted by Gasteiger charge is 2.17. The lowest BCUT2D eigenvalue weighted by atomic mass is 10.1. The molecule has 0 spiro atoms. The molecule has 0 radical (unpaired) electrons. The lowest BCUT2D eigenvalue weighted by Gasteiger charge is -2.26.